The third kappa shape index (κ3) is 4.92. The van der Waals surface area contributed by atoms with Gasteiger partial charge in [-0.1, -0.05) is 4.40 Å². The monoisotopic (exact) mass is 518 g/mol. The quantitative estimate of drug-likeness (QED) is 0.279. The van der Waals surface area contributed by atoms with E-state index in [0.29, 0.717) is 25.3 Å². The van der Waals surface area contributed by atoms with Crippen LogP contribution in [0.25, 0.3) is 10.2 Å². The first-order valence-electron chi connectivity index (χ1n) is 8.22. The largest absolute Gasteiger partial charge is 0.591 e. The van der Waals surface area contributed by atoms with Gasteiger partial charge in [0.25, 0.3) is 0 Å². The van der Waals surface area contributed by atoms with Gasteiger partial charge in [-0.3, -0.25) is 4.90 Å². The van der Waals surface area contributed by atoms with Gasteiger partial charge < -0.3 is 14.1 Å². The Bertz CT molecular complexity index is 1070. The van der Waals surface area contributed by atoms with Gasteiger partial charge in [0.15, 0.2) is 5.82 Å². The average molecular weight is 520 g/mol. The first-order chi connectivity index (χ1) is 13.6. The van der Waals surface area contributed by atoms with Crippen molar-refractivity contribution in [1.82, 2.24) is 9.97 Å². The lowest BCUT2D eigenvalue weighted by atomic mass is 10.3. The molecule has 0 saturated heterocycles. The molecule has 1 atom stereocenters. The smallest absolute Gasteiger partial charge is 0.413 e. The minimum absolute atomic E-state index is 0.0439. The molecule has 0 aliphatic rings. The fourth-order valence-electron chi connectivity index (χ4n) is 2.24. The zero-order valence-electron chi connectivity index (χ0n) is 15.5. The summed E-state index contributed by atoms with van der Waals surface area (Å²) in [5, 5.41) is 9.63. The van der Waals surface area contributed by atoms with Gasteiger partial charge in [-0.05, 0) is 60.4 Å². The van der Waals surface area contributed by atoms with Crippen molar-refractivity contribution in [3.05, 3.63) is 38.8 Å². The van der Waals surface area contributed by atoms with Crippen LogP contribution in [-0.4, -0.2) is 36.7 Å². The maximum atomic E-state index is 12.2. The summed E-state index contributed by atoms with van der Waals surface area (Å²) in [6.45, 7) is 5.42. The molecule has 154 valence electrons. The van der Waals surface area contributed by atoms with Gasteiger partial charge in [0, 0.05) is 0 Å². The second-order valence-electron chi connectivity index (χ2n) is 6.82. The molecule has 0 fully saturated rings. The molecule has 3 rings (SSSR count). The van der Waals surface area contributed by atoms with Crippen LogP contribution >= 0.6 is 38.9 Å². The standard InChI is InChI=1S/C17H16BrClN4O4S2/c1-17(2,3)29(26)20-7-10-11(18)12-13(28-10)14(22-15(19)21-12)23(16(24)25)8-9-5-4-6-27-9/h4-7H,8H2,1-3H3,(H,24,25). The molecule has 1 N–H and O–H groups in total. The zero-order chi connectivity index (χ0) is 21.3. The van der Waals surface area contributed by atoms with Crippen molar-refractivity contribution in [2.75, 3.05) is 4.90 Å². The molecule has 8 nitrogen and oxygen atoms in total. The molecule has 3 aromatic rings. The minimum atomic E-state index is -1.44. The van der Waals surface area contributed by atoms with Crippen molar-refractivity contribution in [1.29, 1.82) is 0 Å². The molecule has 0 radical (unpaired) electrons. The van der Waals surface area contributed by atoms with Gasteiger partial charge >= 0.3 is 6.09 Å². The van der Waals surface area contributed by atoms with E-state index in [1.807, 2.05) is 20.8 Å². The van der Waals surface area contributed by atoms with E-state index >= 15 is 0 Å². The molecular formula is C17H16BrClN4O4S2. The maximum Gasteiger partial charge on any atom is 0.413 e. The summed E-state index contributed by atoms with van der Waals surface area (Å²) in [7, 11) is 0. The lowest BCUT2D eigenvalue weighted by Gasteiger charge is -2.17. The number of carbonyl (C=O) groups is 1. The molecule has 29 heavy (non-hydrogen) atoms. The van der Waals surface area contributed by atoms with E-state index < -0.39 is 22.2 Å². The van der Waals surface area contributed by atoms with Gasteiger partial charge in [0.05, 0.1) is 33.1 Å². The van der Waals surface area contributed by atoms with Crippen LogP contribution in [0.5, 0.6) is 0 Å². The predicted octanol–water partition coefficient (Wildman–Crippen LogP) is 5.27. The van der Waals surface area contributed by atoms with Crippen molar-refractivity contribution in [2.45, 2.75) is 32.1 Å². The molecule has 0 aliphatic heterocycles. The third-order valence-corrected chi connectivity index (χ3v) is 7.32. The van der Waals surface area contributed by atoms with E-state index in [9.17, 15) is 14.5 Å². The Hall–Kier alpha value is -1.66. The van der Waals surface area contributed by atoms with Gasteiger partial charge in [0.1, 0.15) is 27.4 Å². The number of furan rings is 1. The number of nitrogens with zero attached hydrogens (tertiary/aromatic N) is 4. The van der Waals surface area contributed by atoms with E-state index in [4.69, 9.17) is 16.0 Å². The first kappa shape index (κ1) is 22.0. The molecule has 3 heterocycles. The van der Waals surface area contributed by atoms with Crippen LogP contribution in [0, 0.1) is 0 Å². The Balaban J connectivity index is 2.08. The van der Waals surface area contributed by atoms with Gasteiger partial charge in [-0.15, -0.1) is 11.3 Å². The summed E-state index contributed by atoms with van der Waals surface area (Å²) in [5.74, 6) is 0.583. The van der Waals surface area contributed by atoms with E-state index in [1.165, 1.54) is 23.8 Å². The van der Waals surface area contributed by atoms with Crippen LogP contribution < -0.4 is 4.90 Å². The van der Waals surface area contributed by atoms with Crippen LogP contribution in [0.4, 0.5) is 10.6 Å². The van der Waals surface area contributed by atoms with Gasteiger partial charge in [-0.2, -0.15) is 4.98 Å². The molecule has 0 aromatic carbocycles. The number of halogens is 2. The van der Waals surface area contributed by atoms with Crippen molar-refractivity contribution >= 4 is 78.6 Å². The van der Waals surface area contributed by atoms with Crippen LogP contribution in [0.3, 0.4) is 0 Å². The van der Waals surface area contributed by atoms with E-state index in [-0.39, 0.29) is 17.6 Å². The summed E-state index contributed by atoms with van der Waals surface area (Å²) < 4.78 is 22.2. The lowest BCUT2D eigenvalue weighted by Crippen LogP contribution is -2.29. The predicted molar refractivity (Wildman–Crippen MR) is 119 cm³/mol. The molecule has 1 unspecified atom stereocenters. The second-order valence-corrected chi connectivity index (χ2v) is 10.9. The third-order valence-electron chi connectivity index (χ3n) is 3.63. The fourth-order valence-corrected chi connectivity index (χ4v) is 4.75. The normalized spacial score (nSPS) is 13.3. The molecule has 1 amide bonds. The van der Waals surface area contributed by atoms with Crippen LogP contribution in [0.1, 0.15) is 31.4 Å². The fraction of sp³-hybridized carbons (Fsp3) is 0.294. The number of rotatable bonds is 5. The summed E-state index contributed by atoms with van der Waals surface area (Å²) in [4.78, 5) is 21.9. The molecular weight excluding hydrogens is 504 g/mol. The number of hydrogen-bond donors (Lipinski definition) is 1. The molecule has 0 spiro atoms. The number of amides is 1. The average Bonchev–Trinajstić information content (AvgIpc) is 3.25. The molecule has 12 heteroatoms. The van der Waals surface area contributed by atoms with Crippen LogP contribution in [-0.2, 0) is 17.9 Å². The number of fused-ring (bicyclic) bond motifs is 1. The van der Waals surface area contributed by atoms with Crippen molar-refractivity contribution in [3.8, 4) is 0 Å². The number of aromatic nitrogens is 2. The van der Waals surface area contributed by atoms with Gasteiger partial charge in [-0.25, -0.2) is 9.78 Å². The molecule has 0 aliphatic carbocycles. The van der Waals surface area contributed by atoms with Crippen LogP contribution in [0.2, 0.25) is 5.28 Å². The van der Waals surface area contributed by atoms with E-state index in [0.717, 1.165) is 4.90 Å². The summed E-state index contributed by atoms with van der Waals surface area (Å²) in [5.41, 5.74) is 0.443. The highest BCUT2D eigenvalue weighted by atomic mass is 79.9. The van der Waals surface area contributed by atoms with E-state index in [2.05, 4.69) is 30.3 Å². The highest BCUT2D eigenvalue weighted by molar-refractivity contribution is 9.10. The maximum absolute atomic E-state index is 12.2. The number of anilines is 1. The van der Waals surface area contributed by atoms with Crippen molar-refractivity contribution in [2.24, 2.45) is 4.40 Å². The summed E-state index contributed by atoms with van der Waals surface area (Å²) in [6.07, 6.45) is 1.72. The van der Waals surface area contributed by atoms with E-state index in [1.54, 1.807) is 12.1 Å². The number of hydrogen-bond acceptors (Lipinski definition) is 7. The summed E-state index contributed by atoms with van der Waals surface area (Å²) in [6, 6.07) is 3.34. The Morgan fingerprint density at radius 2 is 2.24 bits per heavy atom. The minimum Gasteiger partial charge on any atom is -0.591 e. The Morgan fingerprint density at radius 3 is 2.83 bits per heavy atom. The van der Waals surface area contributed by atoms with Crippen molar-refractivity contribution < 1.29 is 18.9 Å². The highest BCUT2D eigenvalue weighted by Gasteiger charge is 2.27. The SMILES string of the molecule is CC(C)(C)[S+]([O-])N=Cc1sc2c(N(Cc3ccco3)C(=O)O)nc(Cl)nc2c1Br. The molecule has 3 aromatic heterocycles. The molecule has 0 saturated carbocycles. The Morgan fingerprint density at radius 1 is 1.52 bits per heavy atom. The number of carboxylic acid groups (broad SMARTS) is 1. The Kier molecular flexibility index (Phi) is 6.54. The molecule has 0 bridgehead atoms. The van der Waals surface area contributed by atoms with Crippen molar-refractivity contribution in [3.63, 3.8) is 0 Å². The highest BCUT2D eigenvalue weighted by Crippen LogP contribution is 2.39. The topological polar surface area (TPSA) is 115 Å². The van der Waals surface area contributed by atoms with Gasteiger partial charge in [0.2, 0.25) is 5.28 Å². The Labute approximate surface area is 187 Å². The lowest BCUT2D eigenvalue weighted by molar-refractivity contribution is 0.200. The first-order valence-corrected chi connectivity index (χ1v) is 11.3. The number of thiophene rings is 1. The zero-order valence-corrected chi connectivity index (χ0v) is 19.5. The summed E-state index contributed by atoms with van der Waals surface area (Å²) >= 11 is 9.29. The second kappa shape index (κ2) is 8.60. The van der Waals surface area contributed by atoms with Crippen LogP contribution in [0.15, 0.2) is 31.7 Å².